The van der Waals surface area contributed by atoms with Crippen molar-refractivity contribution < 1.29 is 13.5 Å². The van der Waals surface area contributed by atoms with Gasteiger partial charge in [-0.05, 0) is 41.4 Å². The van der Waals surface area contributed by atoms with Crippen molar-refractivity contribution in [2.45, 2.75) is 25.9 Å². The molecule has 2 N–H and O–H groups in total. The van der Waals surface area contributed by atoms with E-state index in [2.05, 4.69) is 21.0 Å². The summed E-state index contributed by atoms with van der Waals surface area (Å²) >= 11 is 3.06. The zero-order valence-corrected chi connectivity index (χ0v) is 13.5. The molecular formula is C14H16BrF2N3O. The molecule has 0 amide bonds. The molecule has 0 aliphatic heterocycles. The Labute approximate surface area is 130 Å². The lowest BCUT2D eigenvalue weighted by molar-refractivity contribution is 0.400. The van der Waals surface area contributed by atoms with Crippen molar-refractivity contribution in [1.29, 1.82) is 0 Å². The normalized spacial score (nSPS) is 12.8. The fraction of sp³-hybridized carbons (Fsp3) is 0.357. The lowest BCUT2D eigenvalue weighted by Gasteiger charge is -2.19. The first kappa shape index (κ1) is 15.9. The number of rotatable bonds is 4. The third-order valence-electron chi connectivity index (χ3n) is 3.20. The highest BCUT2D eigenvalue weighted by Gasteiger charge is 2.25. The quantitative estimate of drug-likeness (QED) is 0.849. The van der Waals surface area contributed by atoms with Crippen molar-refractivity contribution in [3.05, 3.63) is 45.7 Å². The van der Waals surface area contributed by atoms with Gasteiger partial charge in [0.2, 0.25) is 0 Å². The summed E-state index contributed by atoms with van der Waals surface area (Å²) in [7, 11) is 1.51. The topological polar surface area (TPSA) is 53.1 Å². The van der Waals surface area contributed by atoms with E-state index in [1.165, 1.54) is 13.2 Å². The number of hydrogen-bond donors (Lipinski definition) is 1. The second kappa shape index (κ2) is 6.11. The van der Waals surface area contributed by atoms with E-state index in [4.69, 9.17) is 10.5 Å². The Morgan fingerprint density at radius 2 is 2.00 bits per heavy atom. The summed E-state index contributed by atoms with van der Waals surface area (Å²) in [4.78, 5) is 0. The van der Waals surface area contributed by atoms with Gasteiger partial charge in [-0.15, -0.1) is 0 Å². The largest absolute Gasteiger partial charge is 0.493 e. The number of halogens is 3. The minimum Gasteiger partial charge on any atom is -0.493 e. The van der Waals surface area contributed by atoms with Crippen LogP contribution in [-0.4, -0.2) is 16.9 Å². The van der Waals surface area contributed by atoms with Crippen LogP contribution in [0.2, 0.25) is 0 Å². The summed E-state index contributed by atoms with van der Waals surface area (Å²) in [6.07, 6.45) is 1.56. The molecule has 21 heavy (non-hydrogen) atoms. The Balaban J connectivity index is 2.57. The lowest BCUT2D eigenvalue weighted by Crippen LogP contribution is -2.20. The van der Waals surface area contributed by atoms with Crippen LogP contribution in [0.25, 0.3) is 0 Å². The van der Waals surface area contributed by atoms with Crippen LogP contribution in [0.5, 0.6) is 5.75 Å². The molecule has 2 rings (SSSR count). The molecule has 2 aromatic rings. The van der Waals surface area contributed by atoms with Crippen LogP contribution in [0.1, 0.15) is 37.2 Å². The summed E-state index contributed by atoms with van der Waals surface area (Å²) in [6, 6.07) is 1.86. The average Bonchev–Trinajstić information content (AvgIpc) is 2.88. The van der Waals surface area contributed by atoms with E-state index in [0.29, 0.717) is 17.0 Å². The van der Waals surface area contributed by atoms with Crippen LogP contribution in [0, 0.1) is 11.6 Å². The van der Waals surface area contributed by atoms with Crippen molar-refractivity contribution in [1.82, 2.24) is 9.78 Å². The van der Waals surface area contributed by atoms with Gasteiger partial charge < -0.3 is 10.5 Å². The first-order valence-corrected chi connectivity index (χ1v) is 7.18. The smallest absolute Gasteiger partial charge is 0.173 e. The summed E-state index contributed by atoms with van der Waals surface area (Å²) < 4.78 is 33.9. The van der Waals surface area contributed by atoms with Crippen LogP contribution < -0.4 is 10.5 Å². The number of aromatic nitrogens is 2. The molecule has 1 aromatic heterocycles. The van der Waals surface area contributed by atoms with Gasteiger partial charge in [0.15, 0.2) is 17.4 Å². The molecule has 1 aromatic carbocycles. The first-order chi connectivity index (χ1) is 9.88. The summed E-state index contributed by atoms with van der Waals surface area (Å²) in [6.45, 7) is 3.89. The minimum absolute atomic E-state index is 0.00793. The maximum atomic E-state index is 13.7. The molecule has 0 saturated carbocycles. The van der Waals surface area contributed by atoms with Crippen molar-refractivity contribution in [3.63, 3.8) is 0 Å². The van der Waals surface area contributed by atoms with E-state index in [1.54, 1.807) is 10.9 Å². The van der Waals surface area contributed by atoms with E-state index in [-0.39, 0.29) is 10.5 Å². The Bertz CT molecular complexity index is 658. The monoisotopic (exact) mass is 359 g/mol. The summed E-state index contributed by atoms with van der Waals surface area (Å²) in [5, 5.41) is 4.23. The Morgan fingerprint density at radius 1 is 1.33 bits per heavy atom. The molecule has 7 heteroatoms. The third kappa shape index (κ3) is 2.80. The van der Waals surface area contributed by atoms with Crippen molar-refractivity contribution in [2.24, 2.45) is 5.73 Å². The second-order valence-electron chi connectivity index (χ2n) is 4.88. The second-order valence-corrected chi connectivity index (χ2v) is 5.67. The van der Waals surface area contributed by atoms with Gasteiger partial charge in [-0.1, -0.05) is 6.07 Å². The SMILES string of the molecule is COc1cnn(C(C)C)c1C(N)c1ccc(F)c(F)c1Br. The molecule has 4 nitrogen and oxygen atoms in total. The van der Waals surface area contributed by atoms with Crippen LogP contribution in [0.4, 0.5) is 8.78 Å². The molecule has 0 aliphatic carbocycles. The van der Waals surface area contributed by atoms with Gasteiger partial charge in [-0.2, -0.15) is 5.10 Å². The van der Waals surface area contributed by atoms with Crippen molar-refractivity contribution in [3.8, 4) is 5.75 Å². The third-order valence-corrected chi connectivity index (χ3v) is 4.01. The molecule has 0 bridgehead atoms. The average molecular weight is 360 g/mol. The highest BCUT2D eigenvalue weighted by molar-refractivity contribution is 9.10. The maximum absolute atomic E-state index is 13.7. The number of nitrogens with two attached hydrogens (primary N) is 1. The van der Waals surface area contributed by atoms with Crippen molar-refractivity contribution in [2.75, 3.05) is 7.11 Å². The van der Waals surface area contributed by atoms with Crippen LogP contribution in [0.15, 0.2) is 22.8 Å². The van der Waals surface area contributed by atoms with Crippen molar-refractivity contribution >= 4 is 15.9 Å². The standard InChI is InChI=1S/C14H16BrF2N3O/c1-7(2)20-14(10(21-3)6-19-20)13(18)8-4-5-9(16)12(17)11(8)15/h4-7,13H,18H2,1-3H3. The van der Waals surface area contributed by atoms with Gasteiger partial charge in [0.1, 0.15) is 5.69 Å². The van der Waals surface area contributed by atoms with Gasteiger partial charge in [-0.25, -0.2) is 8.78 Å². The van der Waals surface area contributed by atoms with E-state index in [0.717, 1.165) is 6.07 Å². The van der Waals surface area contributed by atoms with E-state index in [9.17, 15) is 8.78 Å². The molecule has 0 aliphatic rings. The molecule has 0 spiro atoms. The van der Waals surface area contributed by atoms with Gasteiger partial charge in [-0.3, -0.25) is 4.68 Å². The van der Waals surface area contributed by atoms with E-state index >= 15 is 0 Å². The molecular weight excluding hydrogens is 344 g/mol. The summed E-state index contributed by atoms with van der Waals surface area (Å²) in [5.41, 5.74) is 7.27. The lowest BCUT2D eigenvalue weighted by atomic mass is 10.0. The number of hydrogen-bond acceptors (Lipinski definition) is 3. The number of benzene rings is 1. The van der Waals surface area contributed by atoms with E-state index in [1.807, 2.05) is 13.8 Å². The Morgan fingerprint density at radius 3 is 2.57 bits per heavy atom. The number of ether oxygens (including phenoxy) is 1. The molecule has 0 saturated heterocycles. The summed E-state index contributed by atoms with van der Waals surface area (Å²) in [5.74, 6) is -1.38. The molecule has 0 radical (unpaired) electrons. The molecule has 1 unspecified atom stereocenters. The minimum atomic E-state index is -0.961. The van der Waals surface area contributed by atoms with Gasteiger partial charge in [0, 0.05) is 6.04 Å². The van der Waals surface area contributed by atoms with Gasteiger partial charge >= 0.3 is 0 Å². The molecule has 1 atom stereocenters. The Hall–Kier alpha value is -1.47. The van der Waals surface area contributed by atoms with Gasteiger partial charge in [0.25, 0.3) is 0 Å². The molecule has 114 valence electrons. The van der Waals surface area contributed by atoms with Gasteiger partial charge in [0.05, 0.1) is 23.8 Å². The van der Waals surface area contributed by atoms with Crippen LogP contribution in [0.3, 0.4) is 0 Å². The van der Waals surface area contributed by atoms with E-state index < -0.39 is 17.7 Å². The predicted molar refractivity (Wildman–Crippen MR) is 79.3 cm³/mol. The highest BCUT2D eigenvalue weighted by atomic mass is 79.9. The first-order valence-electron chi connectivity index (χ1n) is 6.38. The zero-order valence-electron chi connectivity index (χ0n) is 11.9. The maximum Gasteiger partial charge on any atom is 0.173 e. The number of nitrogens with zero attached hydrogens (tertiary/aromatic N) is 2. The van der Waals surface area contributed by atoms with Crippen LogP contribution in [-0.2, 0) is 0 Å². The fourth-order valence-electron chi connectivity index (χ4n) is 2.15. The van der Waals surface area contributed by atoms with Crippen LogP contribution >= 0.6 is 15.9 Å². The number of methoxy groups -OCH3 is 1. The highest BCUT2D eigenvalue weighted by Crippen LogP contribution is 2.35. The predicted octanol–water partition coefficient (Wildman–Crippen LogP) is 3.56. The molecule has 1 heterocycles. The molecule has 0 fully saturated rings. The zero-order chi connectivity index (χ0) is 15.7. The fourth-order valence-corrected chi connectivity index (χ4v) is 2.72. The Kier molecular flexibility index (Phi) is 4.63.